The average molecular weight is 218 g/mol. The Morgan fingerprint density at radius 2 is 1.85 bits per heavy atom. The highest BCUT2D eigenvalue weighted by Gasteiger charge is 1.99. The minimum absolute atomic E-state index is 0.621. The van der Waals surface area contributed by atoms with E-state index in [2.05, 4.69) is 19.0 Å². The van der Waals surface area contributed by atoms with Crippen molar-refractivity contribution < 1.29 is 0 Å². The van der Waals surface area contributed by atoms with Crippen LogP contribution in [0.3, 0.4) is 0 Å². The molecule has 1 aromatic carbocycles. The monoisotopic (exact) mass is 217 g/mol. The summed E-state index contributed by atoms with van der Waals surface area (Å²) >= 11 is 11.7. The Balaban J connectivity index is 2.63. The van der Waals surface area contributed by atoms with Gasteiger partial charge in [0.15, 0.2) is 0 Å². The van der Waals surface area contributed by atoms with Gasteiger partial charge in [0.2, 0.25) is 0 Å². The average Bonchev–Trinajstić information content (AvgIpc) is 2.07. The first-order valence-electron chi connectivity index (χ1n) is 4.18. The minimum atomic E-state index is 0.621. The molecule has 0 bridgehead atoms. The van der Waals surface area contributed by atoms with Crippen LogP contribution in [0.15, 0.2) is 18.2 Å². The molecular weight excluding hydrogens is 205 g/mol. The van der Waals surface area contributed by atoms with Crippen LogP contribution < -0.4 is 0 Å². The lowest BCUT2D eigenvalue weighted by Crippen LogP contribution is -2.14. The summed E-state index contributed by atoms with van der Waals surface area (Å²) in [5.74, 6) is 0. The first kappa shape index (κ1) is 10.8. The van der Waals surface area contributed by atoms with Crippen LogP contribution in [0.4, 0.5) is 0 Å². The van der Waals surface area contributed by atoms with Gasteiger partial charge in [0.1, 0.15) is 0 Å². The topological polar surface area (TPSA) is 3.24 Å². The van der Waals surface area contributed by atoms with Gasteiger partial charge in [-0.3, -0.25) is 0 Å². The van der Waals surface area contributed by atoms with Crippen molar-refractivity contribution in [3.8, 4) is 0 Å². The molecule has 1 nitrogen and oxygen atoms in total. The quantitative estimate of drug-likeness (QED) is 0.753. The van der Waals surface area contributed by atoms with E-state index in [1.54, 1.807) is 0 Å². The molecule has 0 aliphatic carbocycles. The highest BCUT2D eigenvalue weighted by atomic mass is 35.5. The first-order chi connectivity index (χ1) is 6.09. The fourth-order valence-electron chi connectivity index (χ4n) is 1.05. The van der Waals surface area contributed by atoms with Gasteiger partial charge in [0, 0.05) is 6.54 Å². The molecule has 0 fully saturated rings. The smallest absolute Gasteiger partial charge is 0.0595 e. The van der Waals surface area contributed by atoms with Crippen LogP contribution in [0, 0.1) is 0 Å². The van der Waals surface area contributed by atoms with Crippen molar-refractivity contribution in [3.63, 3.8) is 0 Å². The standard InChI is InChI=1S/C10H13Cl2N/c1-13(2)6-5-8-3-4-9(11)10(12)7-8/h3-4,7H,5-6H2,1-2H3. The maximum Gasteiger partial charge on any atom is 0.0595 e. The Bertz CT molecular complexity index is 284. The summed E-state index contributed by atoms with van der Waals surface area (Å²) in [7, 11) is 4.11. The third kappa shape index (κ3) is 3.55. The van der Waals surface area contributed by atoms with E-state index in [0.29, 0.717) is 10.0 Å². The second-order valence-electron chi connectivity index (χ2n) is 3.30. The van der Waals surface area contributed by atoms with Crippen molar-refractivity contribution in [3.05, 3.63) is 33.8 Å². The number of benzene rings is 1. The van der Waals surface area contributed by atoms with Gasteiger partial charge in [-0.05, 0) is 38.2 Å². The Kier molecular flexibility index (Phi) is 4.04. The van der Waals surface area contributed by atoms with E-state index >= 15 is 0 Å². The number of likely N-dealkylation sites (N-methyl/N-ethyl adjacent to an activating group) is 1. The van der Waals surface area contributed by atoms with E-state index in [0.717, 1.165) is 13.0 Å². The summed E-state index contributed by atoms with van der Waals surface area (Å²) in [5.41, 5.74) is 1.23. The summed E-state index contributed by atoms with van der Waals surface area (Å²) in [5, 5.41) is 1.26. The van der Waals surface area contributed by atoms with Gasteiger partial charge in [-0.25, -0.2) is 0 Å². The van der Waals surface area contributed by atoms with Crippen LogP contribution >= 0.6 is 23.2 Å². The summed E-state index contributed by atoms with van der Waals surface area (Å²) in [6.07, 6.45) is 1.00. The molecule has 0 N–H and O–H groups in total. The van der Waals surface area contributed by atoms with Gasteiger partial charge in [-0.15, -0.1) is 0 Å². The molecule has 0 amide bonds. The maximum absolute atomic E-state index is 5.88. The zero-order chi connectivity index (χ0) is 9.84. The van der Waals surface area contributed by atoms with Crippen molar-refractivity contribution in [2.24, 2.45) is 0 Å². The third-order valence-corrected chi connectivity index (χ3v) is 2.57. The number of hydrogen-bond acceptors (Lipinski definition) is 1. The van der Waals surface area contributed by atoms with Crippen LogP contribution in [0.25, 0.3) is 0 Å². The molecule has 0 heterocycles. The fourth-order valence-corrected chi connectivity index (χ4v) is 1.37. The predicted molar refractivity (Wildman–Crippen MR) is 58.7 cm³/mol. The lowest BCUT2D eigenvalue weighted by atomic mass is 10.1. The SMILES string of the molecule is CN(C)CCc1ccc(Cl)c(Cl)c1. The Morgan fingerprint density at radius 1 is 1.15 bits per heavy atom. The normalized spacial score (nSPS) is 10.8. The molecule has 0 radical (unpaired) electrons. The molecular formula is C10H13Cl2N. The molecule has 0 saturated carbocycles. The number of halogens is 2. The molecule has 0 unspecified atom stereocenters. The van der Waals surface area contributed by atoms with Gasteiger partial charge < -0.3 is 4.90 Å². The fraction of sp³-hybridized carbons (Fsp3) is 0.400. The van der Waals surface area contributed by atoms with E-state index in [1.807, 2.05) is 18.2 Å². The number of hydrogen-bond donors (Lipinski definition) is 0. The predicted octanol–water partition coefficient (Wildman–Crippen LogP) is 3.10. The highest BCUT2D eigenvalue weighted by molar-refractivity contribution is 6.42. The van der Waals surface area contributed by atoms with E-state index in [9.17, 15) is 0 Å². The minimum Gasteiger partial charge on any atom is -0.309 e. The van der Waals surface area contributed by atoms with Crippen molar-refractivity contribution in [1.29, 1.82) is 0 Å². The van der Waals surface area contributed by atoms with E-state index in [4.69, 9.17) is 23.2 Å². The summed E-state index contributed by atoms with van der Waals surface area (Å²) in [4.78, 5) is 2.14. The summed E-state index contributed by atoms with van der Waals surface area (Å²) in [6.45, 7) is 1.03. The van der Waals surface area contributed by atoms with Crippen LogP contribution in [0.2, 0.25) is 10.0 Å². The number of nitrogens with zero attached hydrogens (tertiary/aromatic N) is 1. The third-order valence-electron chi connectivity index (χ3n) is 1.83. The summed E-state index contributed by atoms with van der Waals surface area (Å²) < 4.78 is 0. The van der Waals surface area contributed by atoms with E-state index < -0.39 is 0 Å². The molecule has 13 heavy (non-hydrogen) atoms. The molecule has 0 atom stereocenters. The Hall–Kier alpha value is -0.240. The van der Waals surface area contributed by atoms with Crippen LogP contribution in [-0.2, 0) is 6.42 Å². The molecule has 1 aromatic rings. The summed E-state index contributed by atoms with van der Waals surface area (Å²) in [6, 6.07) is 5.78. The van der Waals surface area contributed by atoms with Crippen LogP contribution in [0.5, 0.6) is 0 Å². The molecule has 0 spiro atoms. The number of rotatable bonds is 3. The highest BCUT2D eigenvalue weighted by Crippen LogP contribution is 2.22. The van der Waals surface area contributed by atoms with Gasteiger partial charge in [-0.1, -0.05) is 29.3 Å². The Labute approximate surface area is 89.3 Å². The molecule has 3 heteroatoms. The van der Waals surface area contributed by atoms with Gasteiger partial charge >= 0.3 is 0 Å². The zero-order valence-electron chi connectivity index (χ0n) is 7.85. The second kappa shape index (κ2) is 4.85. The molecule has 1 rings (SSSR count). The lowest BCUT2D eigenvalue weighted by Gasteiger charge is -2.09. The van der Waals surface area contributed by atoms with Gasteiger partial charge in [0.25, 0.3) is 0 Å². The van der Waals surface area contributed by atoms with Gasteiger partial charge in [-0.2, -0.15) is 0 Å². The zero-order valence-corrected chi connectivity index (χ0v) is 9.36. The van der Waals surface area contributed by atoms with Crippen molar-refractivity contribution in [1.82, 2.24) is 4.90 Å². The molecule has 72 valence electrons. The molecule has 0 saturated heterocycles. The molecule has 0 aromatic heterocycles. The van der Waals surface area contributed by atoms with E-state index in [1.165, 1.54) is 5.56 Å². The second-order valence-corrected chi connectivity index (χ2v) is 4.12. The van der Waals surface area contributed by atoms with Crippen LogP contribution in [-0.4, -0.2) is 25.5 Å². The Morgan fingerprint density at radius 3 is 2.38 bits per heavy atom. The van der Waals surface area contributed by atoms with Gasteiger partial charge in [0.05, 0.1) is 10.0 Å². The first-order valence-corrected chi connectivity index (χ1v) is 4.94. The molecule has 0 aliphatic heterocycles. The lowest BCUT2D eigenvalue weighted by molar-refractivity contribution is 0.413. The maximum atomic E-state index is 5.88. The largest absolute Gasteiger partial charge is 0.309 e. The van der Waals surface area contributed by atoms with Crippen molar-refractivity contribution in [2.45, 2.75) is 6.42 Å². The van der Waals surface area contributed by atoms with Crippen LogP contribution in [0.1, 0.15) is 5.56 Å². The van der Waals surface area contributed by atoms with Crippen molar-refractivity contribution >= 4 is 23.2 Å². The molecule has 0 aliphatic rings. The van der Waals surface area contributed by atoms with Crippen molar-refractivity contribution in [2.75, 3.05) is 20.6 Å². The van der Waals surface area contributed by atoms with E-state index in [-0.39, 0.29) is 0 Å².